The van der Waals surface area contributed by atoms with Gasteiger partial charge in [-0.25, -0.2) is 0 Å². The van der Waals surface area contributed by atoms with Gasteiger partial charge in [-0.3, -0.25) is 29.9 Å². The smallest absolute Gasteiger partial charge is 0.321 e. The first kappa shape index (κ1) is 32.0. The molecule has 0 unspecified atom stereocenters. The lowest BCUT2D eigenvalue weighted by Gasteiger charge is -2.21. The summed E-state index contributed by atoms with van der Waals surface area (Å²) >= 11 is 0. The summed E-state index contributed by atoms with van der Waals surface area (Å²) in [6.45, 7) is 0.861. The van der Waals surface area contributed by atoms with Crippen LogP contribution in [0.25, 0.3) is 6.08 Å². The third-order valence-electron chi connectivity index (χ3n) is 6.68. The zero-order valence-electron chi connectivity index (χ0n) is 24.5. The van der Waals surface area contributed by atoms with Gasteiger partial charge in [0.1, 0.15) is 11.8 Å². The molecule has 1 aliphatic rings. The Labute approximate surface area is 256 Å². The maximum Gasteiger partial charge on any atom is 0.321 e. The zero-order valence-corrected chi connectivity index (χ0v) is 24.5. The fourth-order valence-corrected chi connectivity index (χ4v) is 4.46. The predicted octanol–water partition coefficient (Wildman–Crippen LogP) is 5.87. The monoisotopic (exact) mass is 623 g/mol. The molecule has 1 saturated heterocycles. The molecule has 45 heavy (non-hydrogen) atoms. The average molecular weight is 624 g/mol. The Balaban J connectivity index is 1.60. The summed E-state index contributed by atoms with van der Waals surface area (Å²) in [7, 11) is 4.41. The van der Waals surface area contributed by atoms with Crippen LogP contribution in [0.2, 0.25) is 0 Å². The van der Waals surface area contributed by atoms with E-state index in [1.54, 1.807) is 12.1 Å². The van der Waals surface area contributed by atoms with Gasteiger partial charge in [0.2, 0.25) is 22.5 Å². The molecule has 0 N–H and O–H groups in total. The second-order valence-electron chi connectivity index (χ2n) is 9.53. The molecule has 16 heteroatoms. The molecule has 0 saturated carbocycles. The molecular formula is C29H29N5O11. The van der Waals surface area contributed by atoms with Crippen LogP contribution in [0.15, 0.2) is 59.9 Å². The fraction of sp³-hybridized carbons (Fsp3) is 0.276. The highest BCUT2D eigenvalue weighted by Crippen LogP contribution is 2.41. The number of rotatable bonds is 13. The number of allylic oxidation sites excluding steroid dienone is 1. The van der Waals surface area contributed by atoms with E-state index in [9.17, 15) is 30.2 Å². The highest BCUT2D eigenvalue weighted by atomic mass is 16.7. The molecule has 4 rings (SSSR count). The summed E-state index contributed by atoms with van der Waals surface area (Å²) in [4.78, 5) is 39.9. The van der Waals surface area contributed by atoms with Gasteiger partial charge in [0.05, 0.1) is 49.2 Å². The van der Waals surface area contributed by atoms with Crippen LogP contribution >= 0.6 is 0 Å². The van der Waals surface area contributed by atoms with E-state index in [4.69, 9.17) is 23.8 Å². The molecule has 3 aromatic rings. The van der Waals surface area contributed by atoms with Crippen LogP contribution in [-0.2, 0) is 0 Å². The van der Waals surface area contributed by atoms with E-state index in [0.717, 1.165) is 25.3 Å². The maximum absolute atomic E-state index is 13.0. The fourth-order valence-electron chi connectivity index (χ4n) is 4.46. The van der Waals surface area contributed by atoms with Gasteiger partial charge in [-0.2, -0.15) is 0 Å². The average Bonchev–Trinajstić information content (AvgIpc) is 3.05. The van der Waals surface area contributed by atoms with Crippen molar-refractivity contribution in [1.82, 2.24) is 5.01 Å². The van der Waals surface area contributed by atoms with Crippen molar-refractivity contribution in [2.45, 2.75) is 19.3 Å². The Morgan fingerprint density at radius 2 is 1.47 bits per heavy atom. The molecule has 1 aliphatic heterocycles. The van der Waals surface area contributed by atoms with Gasteiger partial charge in [0.15, 0.2) is 17.3 Å². The molecule has 0 bridgehead atoms. The maximum atomic E-state index is 13.0. The van der Waals surface area contributed by atoms with Crippen LogP contribution in [-0.4, -0.2) is 60.0 Å². The van der Waals surface area contributed by atoms with Crippen molar-refractivity contribution in [3.8, 4) is 34.5 Å². The third-order valence-corrected chi connectivity index (χ3v) is 6.68. The summed E-state index contributed by atoms with van der Waals surface area (Å²) in [6.07, 6.45) is 5.34. The molecule has 236 valence electrons. The van der Waals surface area contributed by atoms with E-state index < -0.39 is 38.5 Å². The van der Waals surface area contributed by atoms with Gasteiger partial charge in [-0.05, 0) is 55.2 Å². The minimum absolute atomic E-state index is 0.0145. The Morgan fingerprint density at radius 1 is 0.822 bits per heavy atom. The van der Waals surface area contributed by atoms with Gasteiger partial charge >= 0.3 is 11.4 Å². The highest BCUT2D eigenvalue weighted by Gasteiger charge is 2.29. The Morgan fingerprint density at radius 3 is 2.07 bits per heavy atom. The Kier molecular flexibility index (Phi) is 10.3. The summed E-state index contributed by atoms with van der Waals surface area (Å²) in [6, 6.07) is 10.6. The number of hydrogen-bond donors (Lipinski definition) is 0. The normalized spacial score (nSPS) is 13.3. The second kappa shape index (κ2) is 14.5. The van der Waals surface area contributed by atoms with Gasteiger partial charge in [-0.1, -0.05) is 18.2 Å². The number of ether oxygens (including phenoxy) is 4. The first-order valence-electron chi connectivity index (χ1n) is 13.5. The number of carbonyl (C=O) groups is 1. The van der Waals surface area contributed by atoms with E-state index in [-0.39, 0.29) is 16.3 Å². The minimum atomic E-state index is -0.905. The summed E-state index contributed by atoms with van der Waals surface area (Å²) in [5.74, 6) is -0.223. The highest BCUT2D eigenvalue weighted by molar-refractivity contribution is 6.07. The van der Waals surface area contributed by atoms with Crippen LogP contribution in [0.4, 0.5) is 11.4 Å². The largest absolute Gasteiger partial charge is 0.569 e. The van der Waals surface area contributed by atoms with E-state index in [1.165, 1.54) is 62.8 Å². The number of nitro benzene ring substituents is 2. The molecule has 0 atom stereocenters. The van der Waals surface area contributed by atoms with E-state index in [0.29, 0.717) is 42.0 Å². The number of ketones is 1. The minimum Gasteiger partial charge on any atom is -0.569 e. The van der Waals surface area contributed by atoms with Crippen molar-refractivity contribution in [3.63, 3.8) is 0 Å². The molecule has 1 heterocycles. The quantitative estimate of drug-likeness (QED) is 0.0550. The number of carbonyl (C=O) groups excluding carboxylic acids is 1. The topological polar surface area (TPSA) is 191 Å². The van der Waals surface area contributed by atoms with Gasteiger partial charge in [0, 0.05) is 11.6 Å². The first-order chi connectivity index (χ1) is 21.6. The van der Waals surface area contributed by atoms with Crippen LogP contribution in [0.5, 0.6) is 34.5 Å². The molecule has 0 aliphatic carbocycles. The summed E-state index contributed by atoms with van der Waals surface area (Å²) in [5, 5.41) is 40.5. The van der Waals surface area contributed by atoms with Crippen molar-refractivity contribution in [2.24, 2.45) is 5.28 Å². The van der Waals surface area contributed by atoms with E-state index in [1.807, 2.05) is 0 Å². The van der Waals surface area contributed by atoms with Crippen LogP contribution in [0, 0.1) is 25.4 Å². The third kappa shape index (κ3) is 7.73. The van der Waals surface area contributed by atoms with Gasteiger partial charge in [0.25, 0.3) is 0 Å². The van der Waals surface area contributed by atoms with Crippen molar-refractivity contribution in [3.05, 3.63) is 91.2 Å². The molecule has 16 nitrogen and oxygen atoms in total. The number of piperidine rings is 1. The molecule has 1 fully saturated rings. The number of nitro groups is 2. The molecule has 3 aromatic carbocycles. The standard InChI is InChI=1S/C29H29N5O11/c1-41-27-14-19(15-28(42-2)29(27)43-3)10-11-24(35)20-8-7-9-21(16-20)44-25-18-26(23(33(38)39)17-22(25)32(36)37)45-30-34(40)31-12-5-4-6-13-31/h7-11,14-18H,4-6,12-13H2,1-3H3/b11-10+,34-30-. The number of nitrogens with zero attached hydrogens (tertiary/aromatic N) is 5. The van der Waals surface area contributed by atoms with Crippen molar-refractivity contribution >= 4 is 23.2 Å². The Hall–Kier alpha value is -5.93. The summed E-state index contributed by atoms with van der Waals surface area (Å²) in [5.41, 5.74) is -0.786. The molecule has 0 radical (unpaired) electrons. The van der Waals surface area contributed by atoms with E-state index in [2.05, 4.69) is 5.28 Å². The summed E-state index contributed by atoms with van der Waals surface area (Å²) < 4.78 is 21.7. The van der Waals surface area contributed by atoms with E-state index >= 15 is 0 Å². The van der Waals surface area contributed by atoms with Crippen molar-refractivity contribution < 1.29 is 43.4 Å². The number of benzene rings is 3. The predicted molar refractivity (Wildman–Crippen MR) is 158 cm³/mol. The van der Waals surface area contributed by atoms with Gasteiger partial charge < -0.3 is 24.2 Å². The Bertz CT molecular complexity index is 1630. The molecule has 0 amide bonds. The van der Waals surface area contributed by atoms with Crippen molar-refractivity contribution in [2.75, 3.05) is 34.4 Å². The van der Waals surface area contributed by atoms with Crippen LogP contribution in [0.3, 0.4) is 0 Å². The van der Waals surface area contributed by atoms with Crippen LogP contribution in [0.1, 0.15) is 35.2 Å². The molecule has 0 spiro atoms. The zero-order chi connectivity index (χ0) is 32.5. The number of methoxy groups -OCH3 is 3. The van der Waals surface area contributed by atoms with Crippen LogP contribution < -0.4 is 23.8 Å². The lowest BCUT2D eigenvalue weighted by atomic mass is 10.1. The second-order valence-corrected chi connectivity index (χ2v) is 9.53. The SMILES string of the molecule is COc1cc(/C=C/C(=O)c2cccc(Oc3cc(O/N=[N+](\[O-])N4CCCCC4)c([N+](=O)[O-])cc3[N+](=O)[O-])c2)cc(OC)c1OC. The molecule has 0 aromatic heterocycles. The van der Waals surface area contributed by atoms with Crippen molar-refractivity contribution in [1.29, 1.82) is 0 Å². The number of hydrazine groups is 1. The first-order valence-corrected chi connectivity index (χ1v) is 13.5. The number of hydrogen-bond acceptors (Lipinski definition) is 12. The van der Waals surface area contributed by atoms with Gasteiger partial charge in [-0.15, -0.1) is 5.01 Å². The molecular weight excluding hydrogens is 594 g/mol. The lowest BCUT2D eigenvalue weighted by molar-refractivity contribution is -0.708. The lowest BCUT2D eigenvalue weighted by Crippen LogP contribution is -2.35.